The summed E-state index contributed by atoms with van der Waals surface area (Å²) in [5.41, 5.74) is 1.75. The molecule has 134 valence electrons. The van der Waals surface area contributed by atoms with E-state index in [0.29, 0.717) is 10.7 Å². The molecule has 0 unspecified atom stereocenters. The van der Waals surface area contributed by atoms with Crippen LogP contribution in [0.1, 0.15) is 15.9 Å². The van der Waals surface area contributed by atoms with Crippen molar-refractivity contribution >= 4 is 56.5 Å². The van der Waals surface area contributed by atoms with Gasteiger partial charge in [0.2, 0.25) is 5.13 Å². The molecule has 0 bridgehead atoms. The number of thioether (sulfide) groups is 1. The zero-order chi connectivity index (χ0) is 18.6. The first-order chi connectivity index (χ1) is 13.2. The van der Waals surface area contributed by atoms with Crippen molar-refractivity contribution in [1.29, 1.82) is 0 Å². The monoisotopic (exact) mass is 411 g/mol. The van der Waals surface area contributed by atoms with Gasteiger partial charge in [-0.15, -0.1) is 10.2 Å². The lowest BCUT2D eigenvalue weighted by Crippen LogP contribution is -2.11. The van der Waals surface area contributed by atoms with E-state index in [0.717, 1.165) is 31.5 Å². The van der Waals surface area contributed by atoms with Gasteiger partial charge in [0.25, 0.3) is 5.91 Å². The standard InChI is InChI=1S/C20H14ClN3OS2/c21-17-9-5-13(6-10-17)12-26-20-24-23-19(27-20)22-18(25)16-8-7-14-3-1-2-4-15(14)11-16/h1-11H,12H2,(H,22,23,25). The van der Waals surface area contributed by atoms with Crippen LogP contribution < -0.4 is 5.32 Å². The van der Waals surface area contributed by atoms with Crippen LogP contribution in [0.3, 0.4) is 0 Å². The van der Waals surface area contributed by atoms with Gasteiger partial charge >= 0.3 is 0 Å². The van der Waals surface area contributed by atoms with Crippen molar-refractivity contribution in [3.63, 3.8) is 0 Å². The molecule has 1 N–H and O–H groups in total. The van der Waals surface area contributed by atoms with Gasteiger partial charge in [-0.2, -0.15) is 0 Å². The molecule has 0 fully saturated rings. The molecular weight excluding hydrogens is 398 g/mol. The van der Waals surface area contributed by atoms with Gasteiger partial charge in [0.15, 0.2) is 4.34 Å². The maximum Gasteiger partial charge on any atom is 0.257 e. The first-order valence-electron chi connectivity index (χ1n) is 8.18. The highest BCUT2D eigenvalue weighted by Gasteiger charge is 2.11. The highest BCUT2D eigenvalue weighted by atomic mass is 35.5. The zero-order valence-electron chi connectivity index (χ0n) is 14.1. The number of hydrogen-bond donors (Lipinski definition) is 1. The number of amides is 1. The number of hydrogen-bond acceptors (Lipinski definition) is 5. The number of anilines is 1. The van der Waals surface area contributed by atoms with Gasteiger partial charge in [-0.25, -0.2) is 0 Å². The minimum absolute atomic E-state index is 0.189. The van der Waals surface area contributed by atoms with E-state index in [9.17, 15) is 4.79 Å². The number of nitrogens with one attached hydrogen (secondary N) is 1. The van der Waals surface area contributed by atoms with E-state index in [1.807, 2.05) is 66.7 Å². The summed E-state index contributed by atoms with van der Waals surface area (Å²) in [6.07, 6.45) is 0. The summed E-state index contributed by atoms with van der Waals surface area (Å²) in [6.45, 7) is 0. The number of nitrogens with zero attached hydrogens (tertiary/aromatic N) is 2. The Labute approximate surface area is 169 Å². The fourth-order valence-corrected chi connectivity index (χ4v) is 4.37. The summed E-state index contributed by atoms with van der Waals surface area (Å²) >= 11 is 8.84. The molecule has 0 radical (unpaired) electrons. The van der Waals surface area contributed by atoms with E-state index in [1.165, 1.54) is 11.3 Å². The maximum atomic E-state index is 12.5. The fourth-order valence-electron chi connectivity index (χ4n) is 2.54. The summed E-state index contributed by atoms with van der Waals surface area (Å²) in [4.78, 5) is 12.5. The Kier molecular flexibility index (Phi) is 5.38. The van der Waals surface area contributed by atoms with Gasteiger partial charge in [0, 0.05) is 16.3 Å². The molecule has 1 aromatic heterocycles. The molecule has 4 rings (SSSR count). The molecule has 0 saturated heterocycles. The second-order valence-electron chi connectivity index (χ2n) is 5.80. The van der Waals surface area contributed by atoms with Crippen LogP contribution in [0.15, 0.2) is 71.1 Å². The van der Waals surface area contributed by atoms with E-state index in [1.54, 1.807) is 11.8 Å². The van der Waals surface area contributed by atoms with E-state index in [-0.39, 0.29) is 5.91 Å². The average molecular weight is 412 g/mol. The molecule has 0 saturated carbocycles. The number of halogens is 1. The van der Waals surface area contributed by atoms with Gasteiger partial charge in [0.1, 0.15) is 0 Å². The van der Waals surface area contributed by atoms with E-state index < -0.39 is 0 Å². The molecule has 3 aromatic carbocycles. The molecule has 4 nitrogen and oxygen atoms in total. The van der Waals surface area contributed by atoms with Crippen LogP contribution in [-0.2, 0) is 5.75 Å². The normalized spacial score (nSPS) is 10.9. The first kappa shape index (κ1) is 18.0. The highest BCUT2D eigenvalue weighted by molar-refractivity contribution is 8.00. The Morgan fingerprint density at radius 2 is 1.78 bits per heavy atom. The van der Waals surface area contributed by atoms with Crippen molar-refractivity contribution < 1.29 is 4.79 Å². The van der Waals surface area contributed by atoms with Crippen LogP contribution in [-0.4, -0.2) is 16.1 Å². The maximum absolute atomic E-state index is 12.5. The Morgan fingerprint density at radius 1 is 1.00 bits per heavy atom. The number of benzene rings is 3. The largest absolute Gasteiger partial charge is 0.296 e. The number of carbonyl (C=O) groups excluding carboxylic acids is 1. The lowest BCUT2D eigenvalue weighted by molar-refractivity contribution is 0.102. The summed E-state index contributed by atoms with van der Waals surface area (Å²) in [5.74, 6) is 0.580. The molecule has 0 atom stereocenters. The average Bonchev–Trinajstić information content (AvgIpc) is 3.14. The quantitative estimate of drug-likeness (QED) is 0.328. The Balaban J connectivity index is 1.40. The number of aromatic nitrogens is 2. The van der Waals surface area contributed by atoms with Crippen molar-refractivity contribution in [2.24, 2.45) is 0 Å². The molecule has 0 aliphatic carbocycles. The second kappa shape index (κ2) is 8.08. The summed E-state index contributed by atoms with van der Waals surface area (Å²) < 4.78 is 0.804. The predicted octanol–water partition coefficient (Wildman–Crippen LogP) is 5.89. The number of carbonyl (C=O) groups is 1. The van der Waals surface area contributed by atoms with Crippen LogP contribution in [0.2, 0.25) is 5.02 Å². The molecule has 27 heavy (non-hydrogen) atoms. The molecule has 4 aromatic rings. The highest BCUT2D eigenvalue weighted by Crippen LogP contribution is 2.29. The smallest absolute Gasteiger partial charge is 0.257 e. The number of rotatable bonds is 5. The molecule has 1 heterocycles. The zero-order valence-corrected chi connectivity index (χ0v) is 16.4. The second-order valence-corrected chi connectivity index (χ2v) is 8.44. The molecular formula is C20H14ClN3OS2. The van der Waals surface area contributed by atoms with Crippen molar-refractivity contribution in [1.82, 2.24) is 10.2 Å². The third-order valence-electron chi connectivity index (χ3n) is 3.91. The molecule has 0 aliphatic heterocycles. The van der Waals surface area contributed by atoms with Crippen molar-refractivity contribution in [2.45, 2.75) is 10.1 Å². The Hall–Kier alpha value is -2.41. The fraction of sp³-hybridized carbons (Fsp3) is 0.0500. The van der Waals surface area contributed by atoms with E-state index in [2.05, 4.69) is 15.5 Å². The number of fused-ring (bicyclic) bond motifs is 1. The van der Waals surface area contributed by atoms with Crippen LogP contribution >= 0.6 is 34.7 Å². The lowest BCUT2D eigenvalue weighted by atomic mass is 10.1. The lowest BCUT2D eigenvalue weighted by Gasteiger charge is -2.03. The van der Waals surface area contributed by atoms with Crippen LogP contribution in [0, 0.1) is 0 Å². The van der Waals surface area contributed by atoms with Crippen LogP contribution in [0.5, 0.6) is 0 Å². The predicted molar refractivity (Wildman–Crippen MR) is 113 cm³/mol. The Bertz CT molecular complexity index is 1100. The van der Waals surface area contributed by atoms with Crippen LogP contribution in [0.25, 0.3) is 10.8 Å². The third-order valence-corrected chi connectivity index (χ3v) is 6.21. The molecule has 0 spiro atoms. The summed E-state index contributed by atoms with van der Waals surface area (Å²) in [5, 5.41) is 14.4. The Morgan fingerprint density at radius 3 is 2.59 bits per heavy atom. The SMILES string of the molecule is O=C(Nc1nnc(SCc2ccc(Cl)cc2)s1)c1ccc2ccccc2c1. The first-order valence-corrected chi connectivity index (χ1v) is 10.4. The minimum atomic E-state index is -0.189. The molecule has 1 amide bonds. The van der Waals surface area contributed by atoms with E-state index in [4.69, 9.17) is 11.6 Å². The molecule has 7 heteroatoms. The van der Waals surface area contributed by atoms with E-state index >= 15 is 0 Å². The van der Waals surface area contributed by atoms with Crippen molar-refractivity contribution in [3.05, 3.63) is 82.9 Å². The summed E-state index contributed by atoms with van der Waals surface area (Å²) in [6, 6.07) is 21.3. The van der Waals surface area contributed by atoms with Crippen molar-refractivity contribution in [2.75, 3.05) is 5.32 Å². The molecule has 0 aliphatic rings. The minimum Gasteiger partial charge on any atom is -0.296 e. The van der Waals surface area contributed by atoms with Gasteiger partial charge in [-0.3, -0.25) is 10.1 Å². The van der Waals surface area contributed by atoms with Gasteiger partial charge in [-0.1, -0.05) is 77.2 Å². The van der Waals surface area contributed by atoms with Gasteiger partial charge in [0.05, 0.1) is 0 Å². The summed E-state index contributed by atoms with van der Waals surface area (Å²) in [7, 11) is 0. The van der Waals surface area contributed by atoms with Crippen molar-refractivity contribution in [3.8, 4) is 0 Å². The van der Waals surface area contributed by atoms with Gasteiger partial charge < -0.3 is 0 Å². The van der Waals surface area contributed by atoms with Gasteiger partial charge in [-0.05, 0) is 40.6 Å². The third kappa shape index (κ3) is 4.47. The topological polar surface area (TPSA) is 54.9 Å². The van der Waals surface area contributed by atoms with Crippen LogP contribution in [0.4, 0.5) is 5.13 Å².